The first kappa shape index (κ1) is 17.1. The Balaban J connectivity index is 2.81. The van der Waals surface area contributed by atoms with Gasteiger partial charge in [0.25, 0.3) is 0 Å². The lowest BCUT2D eigenvalue weighted by Gasteiger charge is -2.15. The Morgan fingerprint density at radius 1 is 1.10 bits per heavy atom. The van der Waals surface area contributed by atoms with Crippen LogP contribution in [-0.2, 0) is 19.6 Å². The third-order valence-corrected chi connectivity index (χ3v) is 4.68. The van der Waals surface area contributed by atoms with E-state index >= 15 is 0 Å². The monoisotopic (exact) mass is 314 g/mol. The number of hydrogen-bond acceptors (Lipinski definition) is 4. The number of sulfonamides is 1. The highest BCUT2D eigenvalue weighted by Gasteiger charge is 2.25. The largest absolute Gasteiger partial charge is 0.481 e. The van der Waals surface area contributed by atoms with Crippen LogP contribution in [0.1, 0.15) is 13.8 Å². The van der Waals surface area contributed by atoms with Crippen LogP contribution >= 0.6 is 0 Å². The van der Waals surface area contributed by atoms with Crippen LogP contribution in [0.2, 0.25) is 0 Å². The first-order valence-corrected chi connectivity index (χ1v) is 7.74. The highest BCUT2D eigenvalue weighted by Crippen LogP contribution is 2.17. The minimum atomic E-state index is -3.52. The van der Waals surface area contributed by atoms with E-state index in [0.717, 1.165) is 0 Å². The summed E-state index contributed by atoms with van der Waals surface area (Å²) in [4.78, 5) is 22.8. The molecule has 0 aliphatic heterocycles. The highest BCUT2D eigenvalue weighted by atomic mass is 32.2. The van der Waals surface area contributed by atoms with Gasteiger partial charge in [-0.1, -0.05) is 13.8 Å². The van der Waals surface area contributed by atoms with Gasteiger partial charge in [-0.15, -0.1) is 0 Å². The molecule has 21 heavy (non-hydrogen) atoms. The molecule has 0 fully saturated rings. The number of nitrogens with one attached hydrogen (secondary N) is 2. The summed E-state index contributed by atoms with van der Waals surface area (Å²) in [5, 5.41) is 11.4. The van der Waals surface area contributed by atoms with Crippen molar-refractivity contribution in [3.8, 4) is 0 Å². The minimum absolute atomic E-state index is 0.0787. The molecule has 1 aromatic carbocycles. The number of anilines is 1. The van der Waals surface area contributed by atoms with E-state index in [9.17, 15) is 18.0 Å². The Morgan fingerprint density at radius 2 is 1.62 bits per heavy atom. The van der Waals surface area contributed by atoms with Crippen molar-refractivity contribution in [3.05, 3.63) is 24.3 Å². The lowest BCUT2D eigenvalue weighted by Crippen LogP contribution is -2.30. The summed E-state index contributed by atoms with van der Waals surface area (Å²) < 4.78 is 25.3. The molecule has 0 spiro atoms. The fourth-order valence-electron chi connectivity index (χ4n) is 1.53. The number of aliphatic carboxylic acids is 1. The topological polar surface area (TPSA) is 113 Å². The van der Waals surface area contributed by atoms with E-state index in [1.807, 2.05) is 0 Å². The highest BCUT2D eigenvalue weighted by molar-refractivity contribution is 7.89. The van der Waals surface area contributed by atoms with Crippen LogP contribution in [0, 0.1) is 11.8 Å². The summed E-state index contributed by atoms with van der Waals surface area (Å²) in [6, 6.07) is 5.60. The van der Waals surface area contributed by atoms with Crippen molar-refractivity contribution in [3.63, 3.8) is 0 Å². The maximum Gasteiger partial charge on any atom is 0.307 e. The molecule has 0 radical (unpaired) electrons. The molecule has 0 aromatic heterocycles. The second kappa shape index (κ2) is 6.68. The van der Waals surface area contributed by atoms with E-state index in [-0.39, 0.29) is 4.90 Å². The van der Waals surface area contributed by atoms with Crippen molar-refractivity contribution >= 4 is 27.6 Å². The van der Waals surface area contributed by atoms with Gasteiger partial charge in [0.2, 0.25) is 15.9 Å². The summed E-state index contributed by atoms with van der Waals surface area (Å²) >= 11 is 0. The van der Waals surface area contributed by atoms with E-state index in [1.54, 1.807) is 0 Å². The maximum atomic E-state index is 11.9. The summed E-state index contributed by atoms with van der Waals surface area (Å²) in [5.74, 6) is -3.00. The number of hydrogen-bond donors (Lipinski definition) is 3. The summed E-state index contributed by atoms with van der Waals surface area (Å²) in [5.41, 5.74) is 0.402. The molecule has 1 aromatic rings. The van der Waals surface area contributed by atoms with E-state index in [4.69, 9.17) is 5.11 Å². The van der Waals surface area contributed by atoms with Gasteiger partial charge in [0, 0.05) is 11.6 Å². The molecule has 0 aliphatic rings. The molecule has 1 amide bonds. The molecule has 1 rings (SSSR count). The zero-order valence-corrected chi connectivity index (χ0v) is 12.8. The molecule has 116 valence electrons. The van der Waals surface area contributed by atoms with E-state index in [0.29, 0.717) is 5.69 Å². The molecule has 0 aliphatic carbocycles. The molecule has 8 heteroatoms. The molecule has 3 N–H and O–H groups in total. The predicted octanol–water partition coefficient (Wildman–Crippen LogP) is 0.890. The summed E-state index contributed by atoms with van der Waals surface area (Å²) in [6.07, 6.45) is 0. The van der Waals surface area contributed by atoms with Gasteiger partial charge in [0.15, 0.2) is 0 Å². The van der Waals surface area contributed by atoms with Gasteiger partial charge in [-0.2, -0.15) is 0 Å². The van der Waals surface area contributed by atoms with Gasteiger partial charge in [-0.25, -0.2) is 13.1 Å². The molecule has 0 saturated heterocycles. The molecule has 7 nitrogen and oxygen atoms in total. The predicted molar refractivity (Wildman–Crippen MR) is 77.3 cm³/mol. The van der Waals surface area contributed by atoms with E-state index < -0.39 is 33.7 Å². The van der Waals surface area contributed by atoms with E-state index in [1.165, 1.54) is 45.2 Å². The van der Waals surface area contributed by atoms with Crippen molar-refractivity contribution < 1.29 is 23.1 Å². The number of rotatable bonds is 6. The molecule has 2 unspecified atom stereocenters. The van der Waals surface area contributed by atoms with Crippen LogP contribution in [0.4, 0.5) is 5.69 Å². The number of amides is 1. The Labute approximate surface area is 123 Å². The SMILES string of the molecule is CNS(=O)(=O)c1ccc(NC(=O)C(C)C(C)C(=O)O)cc1. The minimum Gasteiger partial charge on any atom is -0.481 e. The van der Waals surface area contributed by atoms with Gasteiger partial charge in [-0.3, -0.25) is 9.59 Å². The number of carbonyl (C=O) groups is 2. The number of carboxylic acids is 1. The van der Waals surface area contributed by atoms with Gasteiger partial charge in [-0.05, 0) is 31.3 Å². The van der Waals surface area contributed by atoms with Gasteiger partial charge >= 0.3 is 5.97 Å². The molecule has 2 atom stereocenters. The Kier molecular flexibility index (Phi) is 5.45. The third-order valence-electron chi connectivity index (χ3n) is 3.25. The average Bonchev–Trinajstić information content (AvgIpc) is 2.46. The summed E-state index contributed by atoms with van der Waals surface area (Å²) in [6.45, 7) is 2.98. The Bertz CT molecular complexity index is 624. The second-order valence-corrected chi connectivity index (χ2v) is 6.52. The fraction of sp³-hybridized carbons (Fsp3) is 0.385. The van der Waals surface area contributed by atoms with Crippen LogP contribution in [0.15, 0.2) is 29.2 Å². The first-order valence-electron chi connectivity index (χ1n) is 6.26. The molecule has 0 bridgehead atoms. The standard InChI is InChI=1S/C13H18N2O5S/c1-8(9(2)13(17)18)12(16)15-10-4-6-11(7-5-10)21(19,20)14-3/h4-9,14H,1-3H3,(H,15,16)(H,17,18). The average molecular weight is 314 g/mol. The van der Waals surface area contributed by atoms with Crippen molar-refractivity contribution in [2.24, 2.45) is 11.8 Å². The Morgan fingerprint density at radius 3 is 2.05 bits per heavy atom. The molecule has 0 heterocycles. The quantitative estimate of drug-likeness (QED) is 0.722. The number of carbonyl (C=O) groups excluding carboxylic acids is 1. The van der Waals surface area contributed by atoms with Crippen LogP contribution in [0.3, 0.4) is 0 Å². The van der Waals surface area contributed by atoms with Crippen LogP contribution < -0.4 is 10.0 Å². The van der Waals surface area contributed by atoms with Crippen LogP contribution in [-0.4, -0.2) is 32.4 Å². The molecular formula is C13H18N2O5S. The third kappa shape index (κ3) is 4.27. The molecular weight excluding hydrogens is 296 g/mol. The number of carboxylic acid groups (broad SMARTS) is 1. The van der Waals surface area contributed by atoms with Gasteiger partial charge < -0.3 is 10.4 Å². The zero-order valence-electron chi connectivity index (χ0n) is 12.0. The van der Waals surface area contributed by atoms with Crippen molar-refractivity contribution in [1.82, 2.24) is 4.72 Å². The van der Waals surface area contributed by atoms with Crippen molar-refractivity contribution in [1.29, 1.82) is 0 Å². The normalized spacial score (nSPS) is 14.2. The van der Waals surface area contributed by atoms with Crippen LogP contribution in [0.5, 0.6) is 0 Å². The van der Waals surface area contributed by atoms with Crippen LogP contribution in [0.25, 0.3) is 0 Å². The smallest absolute Gasteiger partial charge is 0.307 e. The summed E-state index contributed by atoms with van der Waals surface area (Å²) in [7, 11) is -2.22. The fourth-order valence-corrected chi connectivity index (χ4v) is 2.26. The lowest BCUT2D eigenvalue weighted by molar-refractivity contribution is -0.145. The Hall–Kier alpha value is -1.93. The van der Waals surface area contributed by atoms with Gasteiger partial charge in [0.05, 0.1) is 10.8 Å². The van der Waals surface area contributed by atoms with Crippen molar-refractivity contribution in [2.45, 2.75) is 18.7 Å². The zero-order chi connectivity index (χ0) is 16.2. The van der Waals surface area contributed by atoms with Gasteiger partial charge in [0.1, 0.15) is 0 Å². The lowest BCUT2D eigenvalue weighted by atomic mass is 9.95. The van der Waals surface area contributed by atoms with Crippen molar-refractivity contribution in [2.75, 3.05) is 12.4 Å². The maximum absolute atomic E-state index is 11.9. The second-order valence-electron chi connectivity index (χ2n) is 4.64. The number of benzene rings is 1. The first-order chi connectivity index (χ1) is 9.69. The molecule has 0 saturated carbocycles. The van der Waals surface area contributed by atoms with E-state index in [2.05, 4.69) is 10.0 Å².